The van der Waals surface area contributed by atoms with Crippen LogP contribution in [0, 0.1) is 5.82 Å². The lowest BCUT2D eigenvalue weighted by Gasteiger charge is -2.24. The molecule has 1 aromatic rings. The fourth-order valence-electron chi connectivity index (χ4n) is 3.60. The summed E-state index contributed by atoms with van der Waals surface area (Å²) in [6, 6.07) is 6.97. The van der Waals surface area contributed by atoms with E-state index in [1.807, 2.05) is 12.1 Å². The summed E-state index contributed by atoms with van der Waals surface area (Å²) < 4.78 is 19.2. The Morgan fingerprint density at radius 1 is 1.25 bits per heavy atom. The fourth-order valence-corrected chi connectivity index (χ4v) is 3.60. The highest BCUT2D eigenvalue weighted by Crippen LogP contribution is 2.43. The van der Waals surface area contributed by atoms with E-state index >= 15 is 0 Å². The van der Waals surface area contributed by atoms with E-state index in [-0.39, 0.29) is 17.5 Å². The second-order valence-corrected chi connectivity index (χ2v) is 6.35. The quantitative estimate of drug-likeness (QED) is 0.899. The van der Waals surface area contributed by atoms with Crippen molar-refractivity contribution in [3.05, 3.63) is 35.6 Å². The van der Waals surface area contributed by atoms with Crippen LogP contribution in [0.2, 0.25) is 0 Å². The van der Waals surface area contributed by atoms with Crippen LogP contribution in [0.4, 0.5) is 4.39 Å². The van der Waals surface area contributed by atoms with Crippen LogP contribution in [-0.2, 0) is 4.74 Å². The van der Waals surface area contributed by atoms with Crippen LogP contribution in [0.15, 0.2) is 24.3 Å². The highest BCUT2D eigenvalue weighted by molar-refractivity contribution is 5.19. The van der Waals surface area contributed by atoms with Crippen molar-refractivity contribution in [3.8, 4) is 0 Å². The molecular weight excluding hydrogens is 253 g/mol. The molecule has 3 rings (SSSR count). The molecule has 1 saturated heterocycles. The van der Waals surface area contributed by atoms with Gasteiger partial charge in [0.25, 0.3) is 0 Å². The summed E-state index contributed by atoms with van der Waals surface area (Å²) in [4.78, 5) is 0. The number of benzene rings is 1. The van der Waals surface area contributed by atoms with Crippen LogP contribution in [0.5, 0.6) is 0 Å². The first kappa shape index (κ1) is 14.0. The van der Waals surface area contributed by atoms with Gasteiger partial charge >= 0.3 is 0 Å². The summed E-state index contributed by atoms with van der Waals surface area (Å²) >= 11 is 0. The third kappa shape index (κ3) is 3.04. The second-order valence-electron chi connectivity index (χ2n) is 6.35. The molecule has 1 aliphatic heterocycles. The van der Waals surface area contributed by atoms with Crippen molar-refractivity contribution in [2.24, 2.45) is 0 Å². The topological polar surface area (TPSA) is 21.3 Å². The molecule has 2 atom stereocenters. The van der Waals surface area contributed by atoms with E-state index in [1.54, 1.807) is 0 Å². The van der Waals surface area contributed by atoms with Crippen molar-refractivity contribution >= 4 is 0 Å². The van der Waals surface area contributed by atoms with Crippen LogP contribution in [-0.4, -0.2) is 18.2 Å². The zero-order valence-corrected chi connectivity index (χ0v) is 12.2. The molecule has 110 valence electrons. The summed E-state index contributed by atoms with van der Waals surface area (Å²) in [5.41, 5.74) is 1.34. The average Bonchev–Trinajstić information content (AvgIpc) is 3.08. The minimum absolute atomic E-state index is 0.178. The molecule has 2 unspecified atom stereocenters. The van der Waals surface area contributed by atoms with Crippen molar-refractivity contribution in [1.29, 1.82) is 0 Å². The number of ether oxygens (including phenoxy) is 1. The zero-order valence-electron chi connectivity index (χ0n) is 12.2. The van der Waals surface area contributed by atoms with Crippen LogP contribution in [0.1, 0.15) is 57.1 Å². The molecule has 1 saturated carbocycles. The largest absolute Gasteiger partial charge is 0.370 e. The van der Waals surface area contributed by atoms with Crippen LogP contribution >= 0.6 is 0 Å². The van der Waals surface area contributed by atoms with E-state index in [0.29, 0.717) is 6.10 Å². The number of halogens is 1. The Hall–Kier alpha value is -0.930. The average molecular weight is 277 g/mol. The van der Waals surface area contributed by atoms with Crippen molar-refractivity contribution in [2.75, 3.05) is 6.54 Å². The normalized spacial score (nSPS) is 26.2. The molecule has 2 nitrogen and oxygen atoms in total. The van der Waals surface area contributed by atoms with Gasteiger partial charge in [-0.2, -0.15) is 0 Å². The minimum Gasteiger partial charge on any atom is -0.370 e. The number of hydrogen-bond donors (Lipinski definition) is 1. The Bertz CT molecular complexity index is 439. The first-order chi connectivity index (χ1) is 9.67. The van der Waals surface area contributed by atoms with Gasteiger partial charge in [0.15, 0.2) is 0 Å². The third-order valence-electron chi connectivity index (χ3n) is 4.88. The predicted octanol–water partition coefficient (Wildman–Crippen LogP) is 3.97. The molecule has 0 amide bonds. The van der Waals surface area contributed by atoms with Crippen molar-refractivity contribution in [2.45, 2.75) is 63.2 Å². The minimum atomic E-state index is -0.178. The van der Waals surface area contributed by atoms with E-state index in [9.17, 15) is 4.39 Å². The Balaban J connectivity index is 1.49. The van der Waals surface area contributed by atoms with Crippen LogP contribution in [0.3, 0.4) is 0 Å². The van der Waals surface area contributed by atoms with Crippen molar-refractivity contribution < 1.29 is 9.13 Å². The molecule has 1 spiro atoms. The fraction of sp³-hybridized carbons (Fsp3) is 0.647. The molecule has 0 radical (unpaired) electrons. The van der Waals surface area contributed by atoms with Crippen molar-refractivity contribution in [1.82, 2.24) is 5.32 Å². The first-order valence-electron chi connectivity index (χ1n) is 7.84. The van der Waals surface area contributed by atoms with Gasteiger partial charge < -0.3 is 10.1 Å². The Morgan fingerprint density at radius 2 is 1.95 bits per heavy atom. The lowest BCUT2D eigenvalue weighted by atomic mass is 9.98. The highest BCUT2D eigenvalue weighted by Gasteiger charge is 2.41. The summed E-state index contributed by atoms with van der Waals surface area (Å²) in [6.45, 7) is 3.01. The van der Waals surface area contributed by atoms with Gasteiger partial charge in [0.1, 0.15) is 5.82 Å². The van der Waals surface area contributed by atoms with Gasteiger partial charge in [0.05, 0.1) is 11.7 Å². The summed E-state index contributed by atoms with van der Waals surface area (Å²) in [5.74, 6) is -0.178. The SMILES string of the molecule is CC(NCC1CCC2(CCCC2)O1)c1ccc(F)cc1. The molecule has 1 N–H and O–H groups in total. The molecule has 2 aliphatic rings. The van der Waals surface area contributed by atoms with Gasteiger partial charge in [-0.15, -0.1) is 0 Å². The predicted molar refractivity (Wildman–Crippen MR) is 78.1 cm³/mol. The molecule has 1 aromatic carbocycles. The lowest BCUT2D eigenvalue weighted by Crippen LogP contribution is -2.32. The molecule has 1 heterocycles. The number of nitrogens with one attached hydrogen (secondary N) is 1. The summed E-state index contributed by atoms with van der Waals surface area (Å²) in [7, 11) is 0. The smallest absolute Gasteiger partial charge is 0.123 e. The lowest BCUT2D eigenvalue weighted by molar-refractivity contribution is -0.0357. The molecule has 0 aromatic heterocycles. The van der Waals surface area contributed by atoms with Gasteiger partial charge in [-0.3, -0.25) is 0 Å². The molecule has 20 heavy (non-hydrogen) atoms. The first-order valence-corrected chi connectivity index (χ1v) is 7.84. The van der Waals surface area contributed by atoms with Crippen LogP contribution < -0.4 is 5.32 Å². The van der Waals surface area contributed by atoms with Gasteiger partial charge in [-0.1, -0.05) is 25.0 Å². The standard InChI is InChI=1S/C17H24FNO/c1-13(14-4-6-15(18)7-5-14)19-12-16-8-11-17(20-16)9-2-3-10-17/h4-7,13,16,19H,2-3,8-12H2,1H3. The van der Waals surface area contributed by atoms with E-state index in [4.69, 9.17) is 4.74 Å². The van der Waals surface area contributed by atoms with Crippen LogP contribution in [0.25, 0.3) is 0 Å². The maximum Gasteiger partial charge on any atom is 0.123 e. The molecule has 0 bridgehead atoms. The summed E-state index contributed by atoms with van der Waals surface area (Å²) in [5, 5.41) is 3.52. The Morgan fingerprint density at radius 3 is 2.65 bits per heavy atom. The van der Waals surface area contributed by atoms with Crippen molar-refractivity contribution in [3.63, 3.8) is 0 Å². The summed E-state index contributed by atoms with van der Waals surface area (Å²) in [6.07, 6.45) is 7.88. The Kier molecular flexibility index (Phi) is 4.08. The van der Waals surface area contributed by atoms with Gasteiger partial charge in [0, 0.05) is 12.6 Å². The van der Waals surface area contributed by atoms with E-state index in [1.165, 1.54) is 50.7 Å². The van der Waals surface area contributed by atoms with E-state index in [0.717, 1.165) is 12.1 Å². The molecular formula is C17H24FNO. The Labute approximate surface area is 120 Å². The maximum atomic E-state index is 12.9. The van der Waals surface area contributed by atoms with E-state index in [2.05, 4.69) is 12.2 Å². The van der Waals surface area contributed by atoms with E-state index < -0.39 is 0 Å². The second kappa shape index (κ2) is 5.82. The number of hydrogen-bond acceptors (Lipinski definition) is 2. The van der Waals surface area contributed by atoms with Gasteiger partial charge in [-0.05, 0) is 50.3 Å². The zero-order chi connectivity index (χ0) is 14.0. The maximum absolute atomic E-state index is 12.9. The molecule has 1 aliphatic carbocycles. The number of rotatable bonds is 4. The third-order valence-corrected chi connectivity index (χ3v) is 4.88. The molecule has 3 heteroatoms. The van der Waals surface area contributed by atoms with Gasteiger partial charge in [-0.25, -0.2) is 4.39 Å². The monoisotopic (exact) mass is 277 g/mol. The highest BCUT2D eigenvalue weighted by atomic mass is 19.1. The molecule has 2 fully saturated rings. The van der Waals surface area contributed by atoms with Gasteiger partial charge in [0.2, 0.25) is 0 Å².